The van der Waals surface area contributed by atoms with Crippen molar-refractivity contribution in [3.63, 3.8) is 0 Å². The monoisotopic (exact) mass is 344 g/mol. The van der Waals surface area contributed by atoms with Crippen LogP contribution in [-0.2, 0) is 4.79 Å². The van der Waals surface area contributed by atoms with Crippen LogP contribution in [0.25, 0.3) is 0 Å². The Kier molecular flexibility index (Phi) is 6.32. The zero-order valence-electron chi connectivity index (χ0n) is 15.5. The number of nitrogens with two attached hydrogens (primary N) is 1. The molecule has 2 heterocycles. The molecule has 0 unspecified atom stereocenters. The number of carbonyl (C=O) groups is 1. The zero-order chi connectivity index (χ0) is 17.6. The number of rotatable bonds is 4. The summed E-state index contributed by atoms with van der Waals surface area (Å²) >= 11 is 0. The molecule has 0 radical (unpaired) electrons. The molecular weight excluding hydrogens is 312 g/mol. The van der Waals surface area contributed by atoms with Crippen LogP contribution < -0.4 is 10.6 Å². The second kappa shape index (κ2) is 8.68. The second-order valence-electron chi connectivity index (χ2n) is 7.51. The van der Waals surface area contributed by atoms with Crippen molar-refractivity contribution in [2.45, 2.75) is 38.6 Å². The normalized spacial score (nSPS) is 22.7. The summed E-state index contributed by atoms with van der Waals surface area (Å²) in [7, 11) is 0. The molecule has 25 heavy (non-hydrogen) atoms. The lowest BCUT2D eigenvalue weighted by Gasteiger charge is -2.36. The number of aryl methyl sites for hydroxylation is 1. The van der Waals surface area contributed by atoms with Crippen molar-refractivity contribution in [1.29, 1.82) is 0 Å². The van der Waals surface area contributed by atoms with Crippen LogP contribution in [0, 0.1) is 6.92 Å². The molecule has 2 fully saturated rings. The summed E-state index contributed by atoms with van der Waals surface area (Å²) in [5.41, 5.74) is 8.69. The number of hydrogen-bond acceptors (Lipinski definition) is 4. The smallest absolute Gasteiger partial charge is 0.223 e. The number of nitrogens with zero attached hydrogens (tertiary/aromatic N) is 3. The number of piperazine rings is 1. The predicted molar refractivity (Wildman–Crippen MR) is 103 cm³/mol. The molecule has 0 bridgehead atoms. The summed E-state index contributed by atoms with van der Waals surface area (Å²) < 4.78 is 0. The number of anilines is 1. The fourth-order valence-corrected chi connectivity index (χ4v) is 3.87. The molecule has 2 aliphatic heterocycles. The van der Waals surface area contributed by atoms with Gasteiger partial charge in [-0.05, 0) is 37.5 Å². The molecule has 1 aromatic carbocycles. The van der Waals surface area contributed by atoms with Gasteiger partial charge in [0.05, 0.1) is 0 Å². The summed E-state index contributed by atoms with van der Waals surface area (Å²) in [6.45, 7) is 8.75. The van der Waals surface area contributed by atoms with E-state index in [4.69, 9.17) is 5.73 Å². The lowest BCUT2D eigenvalue weighted by Crippen LogP contribution is -2.48. The highest BCUT2D eigenvalue weighted by atomic mass is 16.2. The highest BCUT2D eigenvalue weighted by Crippen LogP contribution is 2.18. The summed E-state index contributed by atoms with van der Waals surface area (Å²) in [6.07, 6.45) is 3.91. The van der Waals surface area contributed by atoms with Crippen LogP contribution in [0.5, 0.6) is 0 Å². The number of likely N-dealkylation sites (tertiary alicyclic amines) is 1. The molecule has 2 aliphatic rings. The van der Waals surface area contributed by atoms with Gasteiger partial charge < -0.3 is 15.5 Å². The quantitative estimate of drug-likeness (QED) is 0.906. The number of hydrogen-bond donors (Lipinski definition) is 1. The fourth-order valence-electron chi connectivity index (χ4n) is 3.87. The van der Waals surface area contributed by atoms with E-state index < -0.39 is 0 Å². The second-order valence-corrected chi connectivity index (χ2v) is 7.51. The minimum absolute atomic E-state index is 0.157. The highest BCUT2D eigenvalue weighted by Gasteiger charge is 2.22. The summed E-state index contributed by atoms with van der Waals surface area (Å²) in [4.78, 5) is 19.3. The molecule has 138 valence electrons. The average Bonchev–Trinajstić information content (AvgIpc) is 2.85. The van der Waals surface area contributed by atoms with Crippen molar-refractivity contribution in [3.05, 3.63) is 29.8 Å². The molecule has 5 heteroatoms. The van der Waals surface area contributed by atoms with Gasteiger partial charge in [-0.3, -0.25) is 9.69 Å². The van der Waals surface area contributed by atoms with E-state index in [9.17, 15) is 4.79 Å². The van der Waals surface area contributed by atoms with Gasteiger partial charge >= 0.3 is 0 Å². The van der Waals surface area contributed by atoms with E-state index in [1.54, 1.807) is 0 Å². The van der Waals surface area contributed by atoms with Gasteiger partial charge in [0, 0.05) is 64.0 Å². The lowest BCUT2D eigenvalue weighted by atomic mass is 10.1. The molecule has 0 aliphatic carbocycles. The maximum absolute atomic E-state index is 12.5. The van der Waals surface area contributed by atoms with E-state index in [0.29, 0.717) is 6.42 Å². The van der Waals surface area contributed by atoms with Crippen LogP contribution in [-0.4, -0.2) is 67.6 Å². The molecule has 2 N–H and O–H groups in total. The van der Waals surface area contributed by atoms with E-state index in [-0.39, 0.29) is 11.9 Å². The number of benzene rings is 1. The maximum Gasteiger partial charge on any atom is 0.223 e. The molecule has 2 saturated heterocycles. The molecular formula is C20H32N4O. The Hall–Kier alpha value is -1.59. The molecule has 1 atom stereocenters. The Labute approximate surface area is 151 Å². The van der Waals surface area contributed by atoms with E-state index >= 15 is 0 Å². The van der Waals surface area contributed by atoms with Gasteiger partial charge in [0.1, 0.15) is 0 Å². The lowest BCUT2D eigenvalue weighted by molar-refractivity contribution is -0.131. The first-order valence-electron chi connectivity index (χ1n) is 9.69. The van der Waals surface area contributed by atoms with E-state index in [1.807, 2.05) is 4.90 Å². The third-order valence-corrected chi connectivity index (χ3v) is 5.44. The predicted octanol–water partition coefficient (Wildman–Crippen LogP) is 1.85. The Morgan fingerprint density at radius 2 is 1.96 bits per heavy atom. The number of amides is 1. The van der Waals surface area contributed by atoms with Crippen molar-refractivity contribution in [3.8, 4) is 0 Å². The van der Waals surface area contributed by atoms with Crippen LogP contribution in [0.15, 0.2) is 24.3 Å². The van der Waals surface area contributed by atoms with Gasteiger partial charge in [-0.25, -0.2) is 0 Å². The van der Waals surface area contributed by atoms with Crippen molar-refractivity contribution >= 4 is 11.6 Å². The summed E-state index contributed by atoms with van der Waals surface area (Å²) in [5, 5.41) is 0. The molecule has 3 rings (SSSR count). The van der Waals surface area contributed by atoms with Crippen LogP contribution in [0.1, 0.15) is 31.2 Å². The third kappa shape index (κ3) is 5.19. The molecule has 1 amide bonds. The zero-order valence-corrected chi connectivity index (χ0v) is 15.5. The van der Waals surface area contributed by atoms with Gasteiger partial charge in [0.15, 0.2) is 0 Å². The van der Waals surface area contributed by atoms with Crippen LogP contribution >= 0.6 is 0 Å². The Bertz CT molecular complexity index is 569. The third-order valence-electron chi connectivity index (χ3n) is 5.44. The largest absolute Gasteiger partial charge is 0.369 e. The van der Waals surface area contributed by atoms with E-state index in [2.05, 4.69) is 41.0 Å². The van der Waals surface area contributed by atoms with Crippen molar-refractivity contribution in [1.82, 2.24) is 9.80 Å². The minimum atomic E-state index is 0.157. The van der Waals surface area contributed by atoms with Crippen molar-refractivity contribution < 1.29 is 4.79 Å². The standard InChI is InChI=1S/C20H32N4O/c1-17-5-4-7-19(15-17)23-13-11-22(12-14-23)10-8-20(25)24-9-3-2-6-18(21)16-24/h4-5,7,15,18H,2-3,6,8-14,16,21H2,1H3/t18-/m1/s1. The molecule has 0 saturated carbocycles. The average molecular weight is 345 g/mol. The summed E-state index contributed by atoms with van der Waals surface area (Å²) in [5.74, 6) is 0.276. The van der Waals surface area contributed by atoms with Crippen LogP contribution in [0.4, 0.5) is 5.69 Å². The molecule has 5 nitrogen and oxygen atoms in total. The molecule has 0 aromatic heterocycles. The van der Waals surface area contributed by atoms with Gasteiger partial charge in [-0.15, -0.1) is 0 Å². The fraction of sp³-hybridized carbons (Fsp3) is 0.650. The first-order valence-corrected chi connectivity index (χ1v) is 9.69. The highest BCUT2D eigenvalue weighted by molar-refractivity contribution is 5.76. The van der Waals surface area contributed by atoms with E-state index in [1.165, 1.54) is 11.3 Å². The minimum Gasteiger partial charge on any atom is -0.369 e. The first kappa shape index (κ1) is 18.2. The van der Waals surface area contributed by atoms with Gasteiger partial charge in [0.2, 0.25) is 5.91 Å². The SMILES string of the molecule is Cc1cccc(N2CCN(CCC(=O)N3CCCC[C@@H](N)C3)CC2)c1. The Morgan fingerprint density at radius 3 is 2.72 bits per heavy atom. The number of carbonyl (C=O) groups excluding carboxylic acids is 1. The molecule has 1 aromatic rings. The van der Waals surface area contributed by atoms with E-state index in [0.717, 1.165) is 65.1 Å². The van der Waals surface area contributed by atoms with Crippen molar-refractivity contribution in [2.75, 3.05) is 50.7 Å². The molecule has 0 spiro atoms. The Balaban J connectivity index is 1.42. The van der Waals surface area contributed by atoms with Gasteiger partial charge in [0.25, 0.3) is 0 Å². The van der Waals surface area contributed by atoms with Crippen LogP contribution in [0.2, 0.25) is 0 Å². The first-order chi connectivity index (χ1) is 12.1. The van der Waals surface area contributed by atoms with Crippen molar-refractivity contribution in [2.24, 2.45) is 5.73 Å². The van der Waals surface area contributed by atoms with Crippen LogP contribution in [0.3, 0.4) is 0 Å². The van der Waals surface area contributed by atoms with Gasteiger partial charge in [-0.2, -0.15) is 0 Å². The maximum atomic E-state index is 12.5. The van der Waals surface area contributed by atoms with Gasteiger partial charge in [-0.1, -0.05) is 18.6 Å². The summed E-state index contributed by atoms with van der Waals surface area (Å²) in [6, 6.07) is 8.86. The topological polar surface area (TPSA) is 52.8 Å². The Morgan fingerprint density at radius 1 is 1.16 bits per heavy atom.